The maximum Gasteiger partial charge on any atom is 0.0945 e. The molecular weight excluding hydrogens is 318 g/mol. The Labute approximate surface area is 128 Å². The second-order valence-electron chi connectivity index (χ2n) is 4.85. The van der Waals surface area contributed by atoms with Crippen molar-refractivity contribution >= 4 is 15.9 Å². The summed E-state index contributed by atoms with van der Waals surface area (Å²) in [5.74, 6) is 0. The first-order valence-corrected chi connectivity index (χ1v) is 7.90. The van der Waals surface area contributed by atoms with E-state index in [4.69, 9.17) is 0 Å². The molecule has 0 fully saturated rings. The maximum atomic E-state index is 4.50. The van der Waals surface area contributed by atoms with Crippen LogP contribution in [0.3, 0.4) is 0 Å². The molecule has 0 aliphatic carbocycles. The number of hydrogen-bond acceptors (Lipinski definition) is 3. The third-order valence-corrected chi connectivity index (χ3v) is 4.36. The first-order valence-electron chi connectivity index (χ1n) is 7.10. The van der Waals surface area contributed by atoms with E-state index >= 15 is 0 Å². The van der Waals surface area contributed by atoms with Crippen LogP contribution in [0.1, 0.15) is 31.2 Å². The highest BCUT2D eigenvalue weighted by molar-refractivity contribution is 9.10. The Bertz CT molecular complexity index is 518. The standard InChI is InChI=1S/C14H22BrN5/c1-3-20-13(14(15)12(2)18-20)10-16-6-4-5-8-19-9-7-17-11-19/h7,9,11,16H,3-6,8,10H2,1-2H3. The minimum atomic E-state index is 0.861. The Hall–Kier alpha value is -1.14. The van der Waals surface area contributed by atoms with Crippen molar-refractivity contribution in [2.24, 2.45) is 0 Å². The van der Waals surface area contributed by atoms with Crippen molar-refractivity contribution in [3.8, 4) is 0 Å². The molecule has 5 nitrogen and oxygen atoms in total. The van der Waals surface area contributed by atoms with Gasteiger partial charge in [0.05, 0.1) is 22.2 Å². The maximum absolute atomic E-state index is 4.50. The molecule has 0 amide bonds. The van der Waals surface area contributed by atoms with Crippen LogP contribution >= 0.6 is 15.9 Å². The summed E-state index contributed by atoms with van der Waals surface area (Å²) < 4.78 is 5.30. The van der Waals surface area contributed by atoms with Gasteiger partial charge < -0.3 is 9.88 Å². The van der Waals surface area contributed by atoms with Gasteiger partial charge >= 0.3 is 0 Å². The molecular formula is C14H22BrN5. The average molecular weight is 340 g/mol. The lowest BCUT2D eigenvalue weighted by Gasteiger charge is -2.08. The fourth-order valence-electron chi connectivity index (χ4n) is 2.21. The molecule has 2 aromatic heterocycles. The number of nitrogens with zero attached hydrogens (tertiary/aromatic N) is 4. The van der Waals surface area contributed by atoms with Gasteiger partial charge in [-0.25, -0.2) is 4.98 Å². The third kappa shape index (κ3) is 3.93. The fraction of sp³-hybridized carbons (Fsp3) is 0.571. The normalized spacial score (nSPS) is 11.2. The van der Waals surface area contributed by atoms with Crippen molar-refractivity contribution < 1.29 is 0 Å². The van der Waals surface area contributed by atoms with E-state index < -0.39 is 0 Å². The zero-order chi connectivity index (χ0) is 14.4. The molecule has 0 unspecified atom stereocenters. The van der Waals surface area contributed by atoms with E-state index in [2.05, 4.69) is 47.5 Å². The number of imidazole rings is 1. The first kappa shape index (κ1) is 15.3. The summed E-state index contributed by atoms with van der Waals surface area (Å²) >= 11 is 3.62. The van der Waals surface area contributed by atoms with Gasteiger partial charge in [0.25, 0.3) is 0 Å². The molecule has 2 rings (SSSR count). The van der Waals surface area contributed by atoms with E-state index in [1.165, 1.54) is 5.69 Å². The van der Waals surface area contributed by atoms with Crippen LogP contribution in [-0.4, -0.2) is 25.9 Å². The molecule has 20 heavy (non-hydrogen) atoms. The summed E-state index contributed by atoms with van der Waals surface area (Å²) in [6, 6.07) is 0. The Morgan fingerprint density at radius 1 is 1.35 bits per heavy atom. The summed E-state index contributed by atoms with van der Waals surface area (Å²) in [6.45, 7) is 7.98. The van der Waals surface area contributed by atoms with E-state index in [0.717, 1.165) is 49.2 Å². The number of unbranched alkanes of at least 4 members (excludes halogenated alkanes) is 1. The Balaban J connectivity index is 1.68. The summed E-state index contributed by atoms with van der Waals surface area (Å²) in [7, 11) is 0. The molecule has 2 heterocycles. The molecule has 110 valence electrons. The van der Waals surface area contributed by atoms with Gasteiger partial charge in [-0.05, 0) is 49.2 Å². The average Bonchev–Trinajstić information content (AvgIpc) is 3.05. The number of nitrogens with one attached hydrogen (secondary N) is 1. The lowest BCUT2D eigenvalue weighted by Crippen LogP contribution is -2.18. The second-order valence-corrected chi connectivity index (χ2v) is 5.64. The van der Waals surface area contributed by atoms with Crippen LogP contribution in [0.2, 0.25) is 0 Å². The molecule has 0 aliphatic rings. The SMILES string of the molecule is CCn1nc(C)c(Br)c1CNCCCCn1ccnc1. The van der Waals surface area contributed by atoms with E-state index in [9.17, 15) is 0 Å². The van der Waals surface area contributed by atoms with Crippen LogP contribution in [0, 0.1) is 6.92 Å². The number of halogens is 1. The van der Waals surface area contributed by atoms with E-state index in [1.54, 1.807) is 0 Å². The second kappa shape index (κ2) is 7.59. The quantitative estimate of drug-likeness (QED) is 0.752. The van der Waals surface area contributed by atoms with E-state index in [0.29, 0.717) is 0 Å². The van der Waals surface area contributed by atoms with Crippen molar-refractivity contribution in [3.63, 3.8) is 0 Å². The van der Waals surface area contributed by atoms with Crippen LogP contribution in [0.5, 0.6) is 0 Å². The molecule has 0 aromatic carbocycles. The smallest absolute Gasteiger partial charge is 0.0945 e. The zero-order valence-corrected chi connectivity index (χ0v) is 13.7. The molecule has 0 atom stereocenters. The van der Waals surface area contributed by atoms with Crippen LogP contribution in [0.25, 0.3) is 0 Å². The number of hydrogen-bond donors (Lipinski definition) is 1. The van der Waals surface area contributed by atoms with Gasteiger partial charge in [0.2, 0.25) is 0 Å². The van der Waals surface area contributed by atoms with Gasteiger partial charge in [-0.1, -0.05) is 0 Å². The van der Waals surface area contributed by atoms with E-state index in [1.807, 2.05) is 25.6 Å². The van der Waals surface area contributed by atoms with Gasteiger partial charge in [0.1, 0.15) is 0 Å². The lowest BCUT2D eigenvalue weighted by molar-refractivity contribution is 0.543. The van der Waals surface area contributed by atoms with Gasteiger partial charge in [0, 0.05) is 32.0 Å². The van der Waals surface area contributed by atoms with Crippen LogP contribution in [0.15, 0.2) is 23.2 Å². The lowest BCUT2D eigenvalue weighted by atomic mass is 10.3. The summed E-state index contributed by atoms with van der Waals surface area (Å²) in [4.78, 5) is 4.04. The highest BCUT2D eigenvalue weighted by Crippen LogP contribution is 2.20. The van der Waals surface area contributed by atoms with E-state index in [-0.39, 0.29) is 0 Å². The van der Waals surface area contributed by atoms with Crippen molar-refractivity contribution in [2.75, 3.05) is 6.54 Å². The van der Waals surface area contributed by atoms with Crippen molar-refractivity contribution in [3.05, 3.63) is 34.6 Å². The Morgan fingerprint density at radius 2 is 2.20 bits per heavy atom. The predicted octanol–water partition coefficient (Wildman–Crippen LogP) is 2.74. The highest BCUT2D eigenvalue weighted by Gasteiger charge is 2.10. The van der Waals surface area contributed by atoms with Crippen molar-refractivity contribution in [2.45, 2.75) is 46.3 Å². The monoisotopic (exact) mass is 339 g/mol. The topological polar surface area (TPSA) is 47.7 Å². The Morgan fingerprint density at radius 3 is 2.90 bits per heavy atom. The molecule has 0 bridgehead atoms. The zero-order valence-electron chi connectivity index (χ0n) is 12.1. The molecule has 0 spiro atoms. The summed E-state index contributed by atoms with van der Waals surface area (Å²) in [6.07, 6.45) is 8.02. The molecule has 0 saturated heterocycles. The molecule has 0 radical (unpaired) electrons. The van der Waals surface area contributed by atoms with Crippen molar-refractivity contribution in [1.82, 2.24) is 24.6 Å². The highest BCUT2D eigenvalue weighted by atomic mass is 79.9. The molecule has 2 aromatic rings. The minimum absolute atomic E-state index is 0.861. The van der Waals surface area contributed by atoms with Gasteiger partial charge in [-0.15, -0.1) is 0 Å². The predicted molar refractivity (Wildman–Crippen MR) is 83.5 cm³/mol. The van der Waals surface area contributed by atoms with Gasteiger partial charge in [0.15, 0.2) is 0 Å². The molecule has 1 N–H and O–H groups in total. The van der Waals surface area contributed by atoms with Crippen molar-refractivity contribution in [1.29, 1.82) is 0 Å². The molecule has 0 aliphatic heterocycles. The summed E-state index contributed by atoms with van der Waals surface area (Å²) in [5, 5.41) is 7.99. The first-order chi connectivity index (χ1) is 9.72. The number of rotatable bonds is 8. The minimum Gasteiger partial charge on any atom is -0.337 e. The van der Waals surface area contributed by atoms with Gasteiger partial charge in [-0.2, -0.15) is 5.10 Å². The number of aryl methyl sites for hydroxylation is 3. The van der Waals surface area contributed by atoms with Crippen LogP contribution < -0.4 is 5.32 Å². The van der Waals surface area contributed by atoms with Crippen LogP contribution in [-0.2, 0) is 19.6 Å². The third-order valence-electron chi connectivity index (χ3n) is 3.32. The van der Waals surface area contributed by atoms with Crippen LogP contribution in [0.4, 0.5) is 0 Å². The molecule has 6 heteroatoms. The number of aromatic nitrogens is 4. The largest absolute Gasteiger partial charge is 0.337 e. The Kier molecular flexibility index (Phi) is 5.79. The molecule has 0 saturated carbocycles. The fourth-order valence-corrected chi connectivity index (χ4v) is 2.63. The van der Waals surface area contributed by atoms with Gasteiger partial charge in [-0.3, -0.25) is 4.68 Å². The summed E-state index contributed by atoms with van der Waals surface area (Å²) in [5.41, 5.74) is 2.29.